The lowest BCUT2D eigenvalue weighted by molar-refractivity contribution is -0.147. The molecule has 33 heavy (non-hydrogen) atoms. The zero-order valence-electron chi connectivity index (χ0n) is 18.4. The topological polar surface area (TPSA) is 168 Å². The average molecular weight is 466 g/mol. The van der Waals surface area contributed by atoms with Gasteiger partial charge in [-0.3, -0.25) is 29.0 Å². The number of carboxylic acids is 3. The van der Waals surface area contributed by atoms with Gasteiger partial charge in [-0.1, -0.05) is 25.0 Å². The maximum absolute atomic E-state index is 12.6. The molecule has 1 aliphatic rings. The van der Waals surface area contributed by atoms with Crippen LogP contribution in [-0.4, -0.2) is 98.8 Å². The molecule has 0 bridgehead atoms. The molecule has 0 radical (unpaired) electrons. The Morgan fingerprint density at radius 2 is 1.24 bits per heavy atom. The fourth-order valence-corrected chi connectivity index (χ4v) is 4.29. The van der Waals surface area contributed by atoms with Crippen LogP contribution in [0.2, 0.25) is 0 Å². The Morgan fingerprint density at radius 3 is 1.70 bits per heavy atom. The summed E-state index contributed by atoms with van der Waals surface area (Å²) in [6.07, 6.45) is 3.12. The Kier molecular flexibility index (Phi) is 10.1. The first kappa shape index (κ1) is 26.1. The Balaban J connectivity index is 2.06. The van der Waals surface area contributed by atoms with E-state index in [2.05, 4.69) is 5.32 Å². The molecule has 1 fully saturated rings. The van der Waals surface area contributed by atoms with Gasteiger partial charge in [0.25, 0.3) is 0 Å². The quantitative estimate of drug-likeness (QED) is 0.272. The normalized spacial score (nSPS) is 18.2. The number of nitrogens with one attached hydrogen (secondary N) is 1. The van der Waals surface area contributed by atoms with E-state index >= 15 is 0 Å². The van der Waals surface area contributed by atoms with E-state index < -0.39 is 49.6 Å². The minimum absolute atomic E-state index is 0.147. The summed E-state index contributed by atoms with van der Waals surface area (Å²) < 4.78 is 0. The lowest BCUT2D eigenvalue weighted by atomic mass is 9.87. The van der Waals surface area contributed by atoms with Crippen LogP contribution in [0.5, 0.6) is 5.75 Å². The number of carbonyl (C=O) groups is 4. The Hall–Kier alpha value is -3.18. The maximum atomic E-state index is 12.6. The number of phenols is 1. The van der Waals surface area contributed by atoms with Gasteiger partial charge in [0.15, 0.2) is 0 Å². The molecular formula is C22H31N3O8. The second kappa shape index (κ2) is 12.8. The largest absolute Gasteiger partial charge is 0.508 e. The first-order chi connectivity index (χ1) is 15.7. The Morgan fingerprint density at radius 1 is 0.788 bits per heavy atom. The van der Waals surface area contributed by atoms with E-state index in [0.29, 0.717) is 25.8 Å². The minimum atomic E-state index is -1.17. The predicted molar refractivity (Wildman–Crippen MR) is 117 cm³/mol. The van der Waals surface area contributed by atoms with Crippen molar-refractivity contribution in [2.45, 2.75) is 44.2 Å². The molecule has 1 amide bonds. The number of amides is 1. The maximum Gasteiger partial charge on any atom is 0.317 e. The number of rotatable bonds is 13. The molecule has 1 aliphatic carbocycles. The van der Waals surface area contributed by atoms with Crippen LogP contribution in [0, 0.1) is 0 Å². The number of phenolic OH excluding ortho intramolecular Hbond substituents is 1. The highest BCUT2D eigenvalue weighted by Gasteiger charge is 2.37. The zero-order chi connectivity index (χ0) is 24.4. The van der Waals surface area contributed by atoms with Crippen molar-refractivity contribution >= 4 is 23.8 Å². The third-order valence-electron chi connectivity index (χ3n) is 5.67. The second-order valence-electron chi connectivity index (χ2n) is 8.18. The number of aliphatic carboxylic acids is 3. The van der Waals surface area contributed by atoms with Gasteiger partial charge in [0, 0.05) is 18.6 Å². The van der Waals surface area contributed by atoms with Crippen molar-refractivity contribution in [2.24, 2.45) is 0 Å². The van der Waals surface area contributed by atoms with E-state index in [-0.39, 0.29) is 18.2 Å². The molecular weight excluding hydrogens is 434 g/mol. The molecule has 2 atom stereocenters. The third-order valence-corrected chi connectivity index (χ3v) is 5.67. The number of aromatic hydroxyl groups is 1. The molecule has 0 aromatic heterocycles. The van der Waals surface area contributed by atoms with Crippen LogP contribution < -0.4 is 5.32 Å². The summed E-state index contributed by atoms with van der Waals surface area (Å²) in [4.78, 5) is 49.5. The number of hydrogen-bond acceptors (Lipinski definition) is 7. The van der Waals surface area contributed by atoms with Crippen LogP contribution in [0.15, 0.2) is 24.3 Å². The highest BCUT2D eigenvalue weighted by atomic mass is 16.4. The van der Waals surface area contributed by atoms with E-state index in [4.69, 9.17) is 0 Å². The van der Waals surface area contributed by atoms with Gasteiger partial charge in [0.05, 0.1) is 26.2 Å². The number of hydrogen-bond donors (Lipinski definition) is 5. The van der Waals surface area contributed by atoms with Gasteiger partial charge in [0.1, 0.15) is 5.75 Å². The fourth-order valence-electron chi connectivity index (χ4n) is 4.29. The van der Waals surface area contributed by atoms with Gasteiger partial charge in [-0.2, -0.15) is 0 Å². The monoisotopic (exact) mass is 465 g/mol. The minimum Gasteiger partial charge on any atom is -0.508 e. The van der Waals surface area contributed by atoms with Crippen molar-refractivity contribution in [3.63, 3.8) is 0 Å². The smallest absolute Gasteiger partial charge is 0.317 e. The highest BCUT2D eigenvalue weighted by molar-refractivity contribution is 5.79. The number of nitrogens with zero attached hydrogens (tertiary/aromatic N) is 2. The summed E-state index contributed by atoms with van der Waals surface area (Å²) in [7, 11) is 0. The van der Waals surface area contributed by atoms with Gasteiger partial charge < -0.3 is 25.7 Å². The molecule has 0 saturated heterocycles. The summed E-state index contributed by atoms with van der Waals surface area (Å²) in [5.74, 6) is -3.69. The van der Waals surface area contributed by atoms with Crippen molar-refractivity contribution in [2.75, 3.05) is 32.7 Å². The van der Waals surface area contributed by atoms with E-state index in [1.165, 1.54) is 9.80 Å². The van der Waals surface area contributed by atoms with Crippen molar-refractivity contribution < 1.29 is 39.6 Å². The molecule has 11 heteroatoms. The van der Waals surface area contributed by atoms with Gasteiger partial charge in [-0.05, 0) is 37.0 Å². The first-order valence-corrected chi connectivity index (χ1v) is 10.8. The van der Waals surface area contributed by atoms with Gasteiger partial charge in [-0.25, -0.2) is 0 Å². The highest BCUT2D eigenvalue weighted by Crippen LogP contribution is 2.27. The zero-order valence-corrected chi connectivity index (χ0v) is 18.4. The van der Waals surface area contributed by atoms with Crippen molar-refractivity contribution in [1.82, 2.24) is 15.1 Å². The third kappa shape index (κ3) is 9.07. The van der Waals surface area contributed by atoms with E-state index in [0.717, 1.165) is 18.4 Å². The van der Waals surface area contributed by atoms with Gasteiger partial charge in [-0.15, -0.1) is 0 Å². The molecule has 1 saturated carbocycles. The molecule has 0 heterocycles. The van der Waals surface area contributed by atoms with Crippen LogP contribution in [0.3, 0.4) is 0 Å². The van der Waals surface area contributed by atoms with Crippen molar-refractivity contribution in [3.05, 3.63) is 29.8 Å². The Bertz CT molecular complexity index is 813. The van der Waals surface area contributed by atoms with Gasteiger partial charge >= 0.3 is 17.9 Å². The van der Waals surface area contributed by atoms with Crippen LogP contribution in [0.1, 0.15) is 31.2 Å². The predicted octanol–water partition coefficient (Wildman–Crippen LogP) is 0.220. The summed E-state index contributed by atoms with van der Waals surface area (Å²) in [5, 5.41) is 39.9. The van der Waals surface area contributed by atoms with Crippen LogP contribution >= 0.6 is 0 Å². The fraction of sp³-hybridized carbons (Fsp3) is 0.545. The summed E-state index contributed by atoms with van der Waals surface area (Å²) in [6.45, 7) is -1.25. The molecule has 0 aliphatic heterocycles. The SMILES string of the molecule is O=C(O)CN(CC(=O)O)[C@H]1CCCC[C@@H]1N(CC(=O)O)CC(=O)NCCc1ccc(O)cc1. The first-order valence-electron chi connectivity index (χ1n) is 10.8. The molecule has 0 unspecified atom stereocenters. The lowest BCUT2D eigenvalue weighted by Crippen LogP contribution is -2.58. The Labute approximate surface area is 191 Å². The van der Waals surface area contributed by atoms with Gasteiger partial charge in [0.2, 0.25) is 5.91 Å². The molecule has 11 nitrogen and oxygen atoms in total. The molecule has 1 aromatic rings. The molecule has 182 valence electrons. The standard InChI is InChI=1S/C22H31N3O8/c26-16-7-5-15(6-8-16)9-10-23-19(27)11-24(12-20(28)29)17-3-1-2-4-18(17)25(13-21(30)31)14-22(32)33/h5-8,17-18,26H,1-4,9-14H2,(H,23,27)(H,28,29)(H,30,31)(H,32,33)/t17-,18-/m0/s1. The van der Waals surface area contributed by atoms with Crippen LogP contribution in [-0.2, 0) is 25.6 Å². The molecule has 0 spiro atoms. The number of carbonyl (C=O) groups excluding carboxylic acids is 1. The molecule has 5 N–H and O–H groups in total. The second-order valence-corrected chi connectivity index (χ2v) is 8.18. The van der Waals surface area contributed by atoms with E-state index in [1.807, 2.05) is 0 Å². The summed E-state index contributed by atoms with van der Waals surface area (Å²) in [5.41, 5.74) is 0.917. The molecule has 1 aromatic carbocycles. The average Bonchev–Trinajstić information content (AvgIpc) is 2.73. The summed E-state index contributed by atoms with van der Waals surface area (Å²) in [6, 6.07) is 5.63. The lowest BCUT2D eigenvalue weighted by Gasteiger charge is -2.43. The van der Waals surface area contributed by atoms with E-state index in [1.54, 1.807) is 24.3 Å². The number of benzene rings is 1. The van der Waals surface area contributed by atoms with E-state index in [9.17, 15) is 39.6 Å². The molecule has 2 rings (SSSR count). The number of carboxylic acid groups (broad SMARTS) is 3. The van der Waals surface area contributed by atoms with Crippen LogP contribution in [0.25, 0.3) is 0 Å². The van der Waals surface area contributed by atoms with Crippen molar-refractivity contribution in [1.29, 1.82) is 0 Å². The summed E-state index contributed by atoms with van der Waals surface area (Å²) >= 11 is 0. The van der Waals surface area contributed by atoms with Crippen molar-refractivity contribution in [3.8, 4) is 5.75 Å². The van der Waals surface area contributed by atoms with Crippen LogP contribution in [0.4, 0.5) is 0 Å².